The highest BCUT2D eigenvalue weighted by atomic mass is 16.5. The van der Waals surface area contributed by atoms with Crippen molar-refractivity contribution < 1.29 is 4.74 Å². The normalized spacial score (nSPS) is 13.6. The number of ether oxygens (including phenoxy) is 1. The molecular formula is C20H27NO. The maximum absolute atomic E-state index is 5.98. The van der Waals surface area contributed by atoms with E-state index in [0.717, 1.165) is 18.7 Å². The van der Waals surface area contributed by atoms with E-state index in [4.69, 9.17) is 4.74 Å². The summed E-state index contributed by atoms with van der Waals surface area (Å²) >= 11 is 0. The van der Waals surface area contributed by atoms with Crippen molar-refractivity contribution in [1.29, 1.82) is 0 Å². The zero-order valence-electron chi connectivity index (χ0n) is 13.9. The lowest BCUT2D eigenvalue weighted by atomic mass is 9.98. The van der Waals surface area contributed by atoms with E-state index in [9.17, 15) is 0 Å². The summed E-state index contributed by atoms with van der Waals surface area (Å²) in [6, 6.07) is 19.2. The summed E-state index contributed by atoms with van der Waals surface area (Å²) in [5, 5.41) is 3.51. The summed E-state index contributed by atoms with van der Waals surface area (Å²) in [6.07, 6.45) is 1.13. The molecule has 0 heterocycles. The van der Waals surface area contributed by atoms with Gasteiger partial charge in [0.1, 0.15) is 12.4 Å². The van der Waals surface area contributed by atoms with E-state index < -0.39 is 0 Å². The fraction of sp³-hybridized carbons (Fsp3) is 0.400. The number of para-hydroxylation sites is 1. The van der Waals surface area contributed by atoms with E-state index in [1.165, 1.54) is 11.1 Å². The zero-order valence-corrected chi connectivity index (χ0v) is 13.9. The molecule has 2 unspecified atom stereocenters. The molecule has 0 aliphatic carbocycles. The lowest BCUT2D eigenvalue weighted by molar-refractivity contribution is 0.303. The first-order valence-corrected chi connectivity index (χ1v) is 8.22. The summed E-state index contributed by atoms with van der Waals surface area (Å²) < 4.78 is 5.98. The second kappa shape index (κ2) is 8.60. The van der Waals surface area contributed by atoms with Crippen molar-refractivity contribution in [2.24, 2.45) is 0 Å². The van der Waals surface area contributed by atoms with Gasteiger partial charge in [0.25, 0.3) is 0 Å². The lowest BCUT2D eigenvalue weighted by Gasteiger charge is -2.17. The Morgan fingerprint density at radius 3 is 2.36 bits per heavy atom. The van der Waals surface area contributed by atoms with Crippen LogP contribution in [-0.2, 0) is 0 Å². The summed E-state index contributed by atoms with van der Waals surface area (Å²) in [5.74, 6) is 1.55. The van der Waals surface area contributed by atoms with Crippen LogP contribution in [0.2, 0.25) is 0 Å². The third-order valence-electron chi connectivity index (χ3n) is 4.17. The lowest BCUT2D eigenvalue weighted by Crippen LogP contribution is -2.24. The molecule has 2 rings (SSSR count). The van der Waals surface area contributed by atoms with Crippen molar-refractivity contribution in [3.63, 3.8) is 0 Å². The highest BCUT2D eigenvalue weighted by molar-refractivity contribution is 5.35. The van der Waals surface area contributed by atoms with Crippen molar-refractivity contribution >= 4 is 0 Å². The first-order valence-electron chi connectivity index (χ1n) is 8.22. The fourth-order valence-corrected chi connectivity index (χ4v) is 2.53. The average molecular weight is 297 g/mol. The van der Waals surface area contributed by atoms with Gasteiger partial charge in [-0.25, -0.2) is 0 Å². The van der Waals surface area contributed by atoms with Crippen LogP contribution in [0.3, 0.4) is 0 Å². The van der Waals surface area contributed by atoms with Gasteiger partial charge in [-0.1, -0.05) is 62.4 Å². The topological polar surface area (TPSA) is 21.3 Å². The van der Waals surface area contributed by atoms with Crippen molar-refractivity contribution in [3.05, 3.63) is 65.7 Å². The van der Waals surface area contributed by atoms with Crippen LogP contribution in [0.15, 0.2) is 54.6 Å². The first-order chi connectivity index (χ1) is 10.7. The van der Waals surface area contributed by atoms with Crippen LogP contribution in [0.5, 0.6) is 5.75 Å². The van der Waals surface area contributed by atoms with Gasteiger partial charge in [-0.2, -0.15) is 0 Å². The molecule has 118 valence electrons. The van der Waals surface area contributed by atoms with Crippen LogP contribution in [0, 0.1) is 0 Å². The zero-order chi connectivity index (χ0) is 15.8. The van der Waals surface area contributed by atoms with E-state index in [0.29, 0.717) is 18.6 Å². The minimum absolute atomic E-state index is 0.342. The molecule has 1 N–H and O–H groups in total. The summed E-state index contributed by atoms with van der Waals surface area (Å²) in [7, 11) is 0. The molecule has 0 spiro atoms. The standard InChI is InChI=1S/C20H27NO/c1-4-16(2)19-12-8-9-13-20(19)22-15-14-21-17(3)18-10-6-5-7-11-18/h5-13,16-17,21H,4,14-15H2,1-3H3. The Labute approximate surface area is 134 Å². The number of rotatable bonds is 8. The van der Waals surface area contributed by atoms with Crippen molar-refractivity contribution in [2.75, 3.05) is 13.2 Å². The van der Waals surface area contributed by atoms with Crippen LogP contribution < -0.4 is 10.1 Å². The molecule has 0 fully saturated rings. The molecule has 2 nitrogen and oxygen atoms in total. The number of benzene rings is 2. The molecule has 2 aromatic rings. The van der Waals surface area contributed by atoms with Gasteiger partial charge in [0.05, 0.1) is 0 Å². The van der Waals surface area contributed by atoms with E-state index >= 15 is 0 Å². The Kier molecular flexibility index (Phi) is 6.47. The van der Waals surface area contributed by atoms with E-state index in [1.54, 1.807) is 0 Å². The molecule has 0 aromatic heterocycles. The monoisotopic (exact) mass is 297 g/mol. The highest BCUT2D eigenvalue weighted by Crippen LogP contribution is 2.28. The predicted molar refractivity (Wildman–Crippen MR) is 93.5 cm³/mol. The molecule has 0 aliphatic rings. The van der Waals surface area contributed by atoms with Crippen LogP contribution in [0.4, 0.5) is 0 Å². The molecule has 0 aliphatic heterocycles. The Balaban J connectivity index is 1.82. The number of nitrogens with one attached hydrogen (secondary N) is 1. The van der Waals surface area contributed by atoms with E-state index in [2.05, 4.69) is 68.6 Å². The average Bonchev–Trinajstić information content (AvgIpc) is 2.59. The Bertz CT molecular complexity index is 553. The molecule has 2 atom stereocenters. The number of hydrogen-bond acceptors (Lipinski definition) is 2. The fourth-order valence-electron chi connectivity index (χ4n) is 2.53. The van der Waals surface area contributed by atoms with Gasteiger partial charge in [0, 0.05) is 12.6 Å². The molecule has 2 aromatic carbocycles. The predicted octanol–water partition coefficient (Wildman–Crippen LogP) is 4.93. The third-order valence-corrected chi connectivity index (χ3v) is 4.17. The van der Waals surface area contributed by atoms with Crippen molar-refractivity contribution in [1.82, 2.24) is 5.32 Å². The van der Waals surface area contributed by atoms with Crippen molar-refractivity contribution in [3.8, 4) is 5.75 Å². The molecule has 0 radical (unpaired) electrons. The summed E-state index contributed by atoms with van der Waals surface area (Å²) in [4.78, 5) is 0. The molecule has 0 saturated heterocycles. The van der Waals surface area contributed by atoms with Gasteiger partial charge in [0.2, 0.25) is 0 Å². The van der Waals surface area contributed by atoms with E-state index in [1.807, 2.05) is 12.1 Å². The minimum atomic E-state index is 0.342. The molecule has 0 amide bonds. The second-order valence-electron chi connectivity index (χ2n) is 5.78. The third kappa shape index (κ3) is 4.60. The Morgan fingerprint density at radius 1 is 0.955 bits per heavy atom. The first kappa shape index (κ1) is 16.6. The van der Waals surface area contributed by atoms with Gasteiger partial charge in [0.15, 0.2) is 0 Å². The summed E-state index contributed by atoms with van der Waals surface area (Å²) in [5.41, 5.74) is 2.61. The molecule has 2 heteroatoms. The maximum atomic E-state index is 5.98. The SMILES string of the molecule is CCC(C)c1ccccc1OCCNC(C)c1ccccc1. The highest BCUT2D eigenvalue weighted by Gasteiger charge is 2.09. The largest absolute Gasteiger partial charge is 0.492 e. The minimum Gasteiger partial charge on any atom is -0.492 e. The van der Waals surface area contributed by atoms with Gasteiger partial charge in [-0.3, -0.25) is 0 Å². The van der Waals surface area contributed by atoms with Crippen molar-refractivity contribution in [2.45, 2.75) is 39.2 Å². The Morgan fingerprint density at radius 2 is 1.64 bits per heavy atom. The van der Waals surface area contributed by atoms with Crippen LogP contribution in [0.25, 0.3) is 0 Å². The summed E-state index contributed by atoms with van der Waals surface area (Å²) in [6.45, 7) is 8.17. The van der Waals surface area contributed by atoms with Gasteiger partial charge in [-0.15, -0.1) is 0 Å². The quantitative estimate of drug-likeness (QED) is 0.698. The van der Waals surface area contributed by atoms with Crippen LogP contribution in [-0.4, -0.2) is 13.2 Å². The second-order valence-corrected chi connectivity index (χ2v) is 5.78. The molecule has 22 heavy (non-hydrogen) atoms. The Hall–Kier alpha value is -1.80. The number of hydrogen-bond donors (Lipinski definition) is 1. The van der Waals surface area contributed by atoms with Gasteiger partial charge in [-0.05, 0) is 36.5 Å². The van der Waals surface area contributed by atoms with Crippen LogP contribution in [0.1, 0.15) is 50.3 Å². The van der Waals surface area contributed by atoms with Crippen LogP contribution >= 0.6 is 0 Å². The van der Waals surface area contributed by atoms with Gasteiger partial charge >= 0.3 is 0 Å². The smallest absolute Gasteiger partial charge is 0.122 e. The van der Waals surface area contributed by atoms with Gasteiger partial charge < -0.3 is 10.1 Å². The van der Waals surface area contributed by atoms with E-state index in [-0.39, 0.29) is 0 Å². The molecule has 0 saturated carbocycles. The maximum Gasteiger partial charge on any atom is 0.122 e. The molecule has 0 bridgehead atoms. The molecular weight excluding hydrogens is 270 g/mol.